The van der Waals surface area contributed by atoms with Crippen LogP contribution in [0, 0.1) is 17.3 Å². The molecule has 0 aromatic carbocycles. The molecular weight excluding hydrogens is 133 g/mol. The molecule has 0 bridgehead atoms. The summed E-state index contributed by atoms with van der Waals surface area (Å²) in [6, 6.07) is 4.07. The first-order valence-electron chi connectivity index (χ1n) is 2.56. The molecule has 4 heteroatoms. The minimum Gasteiger partial charge on any atom is -0.396 e. The highest BCUT2D eigenvalue weighted by Gasteiger charge is 1.99. The smallest absolute Gasteiger partial charge is 0.214 e. The predicted molar refractivity (Wildman–Crippen MR) is 33.3 cm³/mol. The van der Waals surface area contributed by atoms with Crippen molar-refractivity contribution in [3.63, 3.8) is 0 Å². The average Bonchev–Trinajstić information content (AvgIpc) is 1.94. The van der Waals surface area contributed by atoms with Crippen LogP contribution in [0.3, 0.4) is 0 Å². The van der Waals surface area contributed by atoms with Crippen molar-refractivity contribution in [2.75, 3.05) is 5.73 Å². The van der Waals surface area contributed by atoms with Gasteiger partial charge in [0.2, 0.25) is 5.95 Å². The molecule has 1 aromatic heterocycles. The van der Waals surface area contributed by atoms with Gasteiger partial charge in [-0.3, -0.25) is 0 Å². The average molecular weight is 137 g/mol. The third-order valence-corrected chi connectivity index (χ3v) is 0.998. The summed E-state index contributed by atoms with van der Waals surface area (Å²) in [7, 11) is 0. The van der Waals surface area contributed by atoms with Gasteiger partial charge in [-0.1, -0.05) is 0 Å². The van der Waals surface area contributed by atoms with Crippen LogP contribution in [-0.4, -0.2) is 4.98 Å². The van der Waals surface area contributed by atoms with E-state index in [1.54, 1.807) is 6.07 Å². The maximum atomic E-state index is 12.2. The van der Waals surface area contributed by atoms with E-state index in [1.165, 1.54) is 6.07 Å². The van der Waals surface area contributed by atoms with E-state index in [2.05, 4.69) is 4.98 Å². The molecule has 0 aliphatic rings. The highest BCUT2D eigenvalue weighted by atomic mass is 19.1. The van der Waals surface area contributed by atoms with Crippen LogP contribution >= 0.6 is 0 Å². The molecule has 0 spiro atoms. The number of aromatic nitrogens is 1. The maximum absolute atomic E-state index is 12.2. The standard InChI is InChI=1S/C6H4FN3/c7-6-2-1-4(9)5(3-8)10-6/h1-2H,9H2. The zero-order chi connectivity index (χ0) is 7.56. The second-order valence-corrected chi connectivity index (χ2v) is 1.68. The van der Waals surface area contributed by atoms with Gasteiger partial charge in [0.25, 0.3) is 0 Å². The number of halogens is 1. The van der Waals surface area contributed by atoms with Crippen LogP contribution in [0.5, 0.6) is 0 Å². The van der Waals surface area contributed by atoms with Gasteiger partial charge in [0.05, 0.1) is 5.69 Å². The normalized spacial score (nSPS) is 8.80. The van der Waals surface area contributed by atoms with E-state index in [0.29, 0.717) is 0 Å². The molecule has 50 valence electrons. The highest BCUT2D eigenvalue weighted by Crippen LogP contribution is 2.06. The lowest BCUT2D eigenvalue weighted by Crippen LogP contribution is -1.94. The van der Waals surface area contributed by atoms with E-state index in [-0.39, 0.29) is 11.4 Å². The topological polar surface area (TPSA) is 62.7 Å². The summed E-state index contributed by atoms with van der Waals surface area (Å²) in [4.78, 5) is 3.24. The lowest BCUT2D eigenvalue weighted by atomic mass is 10.3. The fourth-order valence-electron chi connectivity index (χ4n) is 0.536. The maximum Gasteiger partial charge on any atom is 0.214 e. The first kappa shape index (κ1) is 6.49. The van der Waals surface area contributed by atoms with Crippen LogP contribution in [0.2, 0.25) is 0 Å². The first-order valence-corrected chi connectivity index (χ1v) is 2.56. The minimum absolute atomic E-state index is 0.0694. The molecule has 10 heavy (non-hydrogen) atoms. The van der Waals surface area contributed by atoms with Crippen LogP contribution in [0.15, 0.2) is 12.1 Å². The molecule has 1 aromatic rings. The quantitative estimate of drug-likeness (QED) is 0.534. The molecule has 0 atom stereocenters. The van der Waals surface area contributed by atoms with Crippen LogP contribution in [-0.2, 0) is 0 Å². The summed E-state index contributed by atoms with van der Waals surface area (Å²) in [6.45, 7) is 0. The molecular formula is C6H4FN3. The molecule has 0 aliphatic carbocycles. The lowest BCUT2D eigenvalue weighted by Gasteiger charge is -1.92. The molecule has 0 saturated carbocycles. The van der Waals surface area contributed by atoms with Crippen molar-refractivity contribution >= 4 is 5.69 Å². The number of hydrogen-bond acceptors (Lipinski definition) is 3. The Hall–Kier alpha value is -1.63. The Morgan fingerprint density at radius 2 is 2.30 bits per heavy atom. The number of nitrogens with two attached hydrogens (primary N) is 1. The second-order valence-electron chi connectivity index (χ2n) is 1.68. The highest BCUT2D eigenvalue weighted by molar-refractivity contribution is 5.48. The number of hydrogen-bond donors (Lipinski definition) is 1. The molecule has 0 aliphatic heterocycles. The van der Waals surface area contributed by atoms with Crippen LogP contribution in [0.25, 0.3) is 0 Å². The SMILES string of the molecule is N#Cc1nc(F)ccc1N. The number of nitriles is 1. The third kappa shape index (κ3) is 1.03. The molecule has 2 N–H and O–H groups in total. The Morgan fingerprint density at radius 1 is 1.60 bits per heavy atom. The summed E-state index contributed by atoms with van der Waals surface area (Å²) in [5.74, 6) is -0.689. The number of nitrogen functional groups attached to an aromatic ring is 1. The summed E-state index contributed by atoms with van der Waals surface area (Å²) >= 11 is 0. The van der Waals surface area contributed by atoms with E-state index in [9.17, 15) is 4.39 Å². The molecule has 0 radical (unpaired) electrons. The van der Waals surface area contributed by atoms with Crippen molar-refractivity contribution in [2.45, 2.75) is 0 Å². The summed E-state index contributed by atoms with van der Waals surface area (Å²) in [5.41, 5.74) is 5.38. The second kappa shape index (κ2) is 2.31. The van der Waals surface area contributed by atoms with Gasteiger partial charge in [0.1, 0.15) is 6.07 Å². The zero-order valence-electron chi connectivity index (χ0n) is 5.00. The van der Waals surface area contributed by atoms with E-state index >= 15 is 0 Å². The predicted octanol–water partition coefficient (Wildman–Crippen LogP) is 0.675. The summed E-state index contributed by atoms with van der Waals surface area (Å²) in [6.07, 6.45) is 0. The van der Waals surface area contributed by atoms with E-state index in [4.69, 9.17) is 11.0 Å². The number of nitrogens with zero attached hydrogens (tertiary/aromatic N) is 2. The monoisotopic (exact) mass is 137 g/mol. The van der Waals surface area contributed by atoms with Crippen molar-refractivity contribution in [1.82, 2.24) is 4.98 Å². The van der Waals surface area contributed by atoms with Crippen molar-refractivity contribution < 1.29 is 4.39 Å². The van der Waals surface area contributed by atoms with Gasteiger partial charge >= 0.3 is 0 Å². The van der Waals surface area contributed by atoms with Gasteiger partial charge in [-0.15, -0.1) is 0 Å². The van der Waals surface area contributed by atoms with Gasteiger partial charge in [-0.25, -0.2) is 4.98 Å². The van der Waals surface area contributed by atoms with Crippen molar-refractivity contribution in [1.29, 1.82) is 5.26 Å². The van der Waals surface area contributed by atoms with Crippen LogP contribution in [0.4, 0.5) is 10.1 Å². The van der Waals surface area contributed by atoms with Gasteiger partial charge in [0, 0.05) is 0 Å². The van der Waals surface area contributed by atoms with Crippen molar-refractivity contribution in [2.24, 2.45) is 0 Å². The minimum atomic E-state index is -0.689. The van der Waals surface area contributed by atoms with Crippen LogP contribution in [0.1, 0.15) is 5.69 Å². The number of pyridine rings is 1. The van der Waals surface area contributed by atoms with E-state index in [1.807, 2.05) is 0 Å². The zero-order valence-corrected chi connectivity index (χ0v) is 5.00. The van der Waals surface area contributed by atoms with Crippen molar-refractivity contribution in [3.05, 3.63) is 23.8 Å². The largest absolute Gasteiger partial charge is 0.396 e. The van der Waals surface area contributed by atoms with Gasteiger partial charge < -0.3 is 5.73 Å². The Kier molecular flexibility index (Phi) is 1.50. The molecule has 1 rings (SSSR count). The summed E-state index contributed by atoms with van der Waals surface area (Å²) in [5, 5.41) is 8.28. The Morgan fingerprint density at radius 3 is 2.80 bits per heavy atom. The van der Waals surface area contributed by atoms with Crippen molar-refractivity contribution in [3.8, 4) is 6.07 Å². The van der Waals surface area contributed by atoms with Gasteiger partial charge in [-0.05, 0) is 12.1 Å². The Balaban J connectivity index is 3.25. The Labute approximate surface area is 56.9 Å². The summed E-state index contributed by atoms with van der Waals surface area (Å²) < 4.78 is 12.2. The molecule has 0 fully saturated rings. The van der Waals surface area contributed by atoms with Gasteiger partial charge in [0.15, 0.2) is 5.69 Å². The molecule has 3 nitrogen and oxygen atoms in total. The third-order valence-electron chi connectivity index (χ3n) is 0.998. The van der Waals surface area contributed by atoms with E-state index in [0.717, 1.165) is 6.07 Å². The molecule has 1 heterocycles. The molecule has 0 amide bonds. The lowest BCUT2D eigenvalue weighted by molar-refractivity contribution is 0.583. The fraction of sp³-hybridized carbons (Fsp3) is 0. The molecule has 0 unspecified atom stereocenters. The first-order chi connectivity index (χ1) is 4.74. The van der Waals surface area contributed by atoms with E-state index < -0.39 is 5.95 Å². The fourth-order valence-corrected chi connectivity index (χ4v) is 0.536. The Bertz CT molecular complexity index is 290. The molecule has 0 saturated heterocycles. The number of rotatable bonds is 0. The van der Waals surface area contributed by atoms with Gasteiger partial charge in [-0.2, -0.15) is 9.65 Å². The van der Waals surface area contributed by atoms with Crippen LogP contribution < -0.4 is 5.73 Å². The number of anilines is 1.